The summed E-state index contributed by atoms with van der Waals surface area (Å²) in [6.45, 7) is 0. The molecule has 1 aliphatic rings. The molecule has 0 saturated heterocycles. The first-order valence-electron chi connectivity index (χ1n) is 7.78. The molecule has 0 fully saturated rings. The van der Waals surface area contributed by atoms with Crippen LogP contribution in [-0.2, 0) is 0 Å². The van der Waals surface area contributed by atoms with Gasteiger partial charge in [0, 0.05) is 5.56 Å². The van der Waals surface area contributed by atoms with E-state index >= 15 is 0 Å². The van der Waals surface area contributed by atoms with Gasteiger partial charge in [-0.15, -0.1) is 0 Å². The SMILES string of the molecule is N#CC1C=Cc2ccccc2N1C(=O)c1cccc2ccccc12. The van der Waals surface area contributed by atoms with Gasteiger partial charge in [-0.05, 0) is 34.5 Å². The third-order valence-electron chi connectivity index (χ3n) is 4.30. The minimum Gasteiger partial charge on any atom is -0.288 e. The van der Waals surface area contributed by atoms with Crippen molar-refractivity contribution in [2.24, 2.45) is 0 Å². The molecule has 0 radical (unpaired) electrons. The van der Waals surface area contributed by atoms with Gasteiger partial charge in [-0.25, -0.2) is 0 Å². The third kappa shape index (κ3) is 2.17. The molecular weight excluding hydrogens is 296 g/mol. The topological polar surface area (TPSA) is 44.1 Å². The number of anilines is 1. The molecule has 4 rings (SSSR count). The first-order chi connectivity index (χ1) is 11.8. The first-order valence-corrected chi connectivity index (χ1v) is 7.78. The largest absolute Gasteiger partial charge is 0.288 e. The van der Waals surface area contributed by atoms with E-state index in [1.54, 1.807) is 11.0 Å². The number of para-hydroxylation sites is 1. The minimum absolute atomic E-state index is 0.157. The van der Waals surface area contributed by atoms with Crippen LogP contribution in [0.3, 0.4) is 0 Å². The number of rotatable bonds is 1. The lowest BCUT2D eigenvalue weighted by Crippen LogP contribution is -2.40. The van der Waals surface area contributed by atoms with Crippen molar-refractivity contribution in [3.63, 3.8) is 0 Å². The third-order valence-corrected chi connectivity index (χ3v) is 4.30. The summed E-state index contributed by atoms with van der Waals surface area (Å²) in [4.78, 5) is 14.9. The smallest absolute Gasteiger partial charge is 0.260 e. The summed E-state index contributed by atoms with van der Waals surface area (Å²) in [5.74, 6) is -0.157. The molecule has 24 heavy (non-hydrogen) atoms. The Bertz CT molecular complexity index is 1010. The molecule has 1 aliphatic heterocycles. The molecule has 3 aromatic carbocycles. The molecular formula is C21H14N2O. The molecule has 0 N–H and O–H groups in total. The quantitative estimate of drug-likeness (QED) is 0.668. The Balaban J connectivity index is 1.89. The van der Waals surface area contributed by atoms with Gasteiger partial charge in [0.25, 0.3) is 5.91 Å². The molecule has 0 bridgehead atoms. The molecule has 0 aromatic heterocycles. The minimum atomic E-state index is -0.605. The molecule has 0 saturated carbocycles. The number of carbonyl (C=O) groups excluding carboxylic acids is 1. The van der Waals surface area contributed by atoms with Crippen LogP contribution in [0, 0.1) is 11.3 Å². The van der Waals surface area contributed by atoms with Gasteiger partial charge in [0.15, 0.2) is 0 Å². The Labute approximate surface area is 140 Å². The molecule has 0 spiro atoms. The van der Waals surface area contributed by atoms with Gasteiger partial charge in [0.05, 0.1) is 11.8 Å². The maximum atomic E-state index is 13.3. The van der Waals surface area contributed by atoms with E-state index in [4.69, 9.17) is 0 Å². The van der Waals surface area contributed by atoms with Crippen molar-refractivity contribution in [1.82, 2.24) is 0 Å². The van der Waals surface area contributed by atoms with E-state index < -0.39 is 6.04 Å². The Morgan fingerprint density at radius 2 is 1.71 bits per heavy atom. The van der Waals surface area contributed by atoms with Crippen molar-refractivity contribution >= 4 is 28.4 Å². The van der Waals surface area contributed by atoms with E-state index in [0.29, 0.717) is 5.56 Å². The Kier molecular flexibility index (Phi) is 3.36. The number of fused-ring (bicyclic) bond motifs is 2. The van der Waals surface area contributed by atoms with E-state index in [-0.39, 0.29) is 5.91 Å². The van der Waals surface area contributed by atoms with Gasteiger partial charge in [-0.1, -0.05) is 60.7 Å². The fraction of sp³-hybridized carbons (Fsp3) is 0.0476. The lowest BCUT2D eigenvalue weighted by molar-refractivity contribution is 0.0986. The highest BCUT2D eigenvalue weighted by Gasteiger charge is 2.29. The summed E-state index contributed by atoms with van der Waals surface area (Å²) in [5, 5.41) is 11.4. The number of hydrogen-bond donors (Lipinski definition) is 0. The van der Waals surface area contributed by atoms with Crippen molar-refractivity contribution in [3.8, 4) is 6.07 Å². The van der Waals surface area contributed by atoms with Crippen LogP contribution in [0.5, 0.6) is 0 Å². The monoisotopic (exact) mass is 310 g/mol. The van der Waals surface area contributed by atoms with Crippen LogP contribution in [0.4, 0.5) is 5.69 Å². The second kappa shape index (κ2) is 5.68. The summed E-state index contributed by atoms with van der Waals surface area (Å²) >= 11 is 0. The predicted molar refractivity (Wildman–Crippen MR) is 95.6 cm³/mol. The maximum absolute atomic E-state index is 13.3. The lowest BCUT2D eigenvalue weighted by Gasteiger charge is -2.30. The van der Waals surface area contributed by atoms with Gasteiger partial charge in [-0.3, -0.25) is 9.69 Å². The molecule has 0 aliphatic carbocycles. The van der Waals surface area contributed by atoms with E-state index in [9.17, 15) is 10.1 Å². The number of amides is 1. The van der Waals surface area contributed by atoms with Crippen LogP contribution in [0.1, 0.15) is 15.9 Å². The molecule has 1 atom stereocenters. The second-order valence-electron chi connectivity index (χ2n) is 5.69. The highest BCUT2D eigenvalue weighted by molar-refractivity contribution is 6.15. The Morgan fingerprint density at radius 3 is 2.58 bits per heavy atom. The predicted octanol–water partition coefficient (Wildman–Crippen LogP) is 4.41. The van der Waals surface area contributed by atoms with Crippen molar-refractivity contribution in [3.05, 3.63) is 83.9 Å². The highest BCUT2D eigenvalue weighted by Crippen LogP contribution is 2.31. The van der Waals surface area contributed by atoms with E-state index in [0.717, 1.165) is 22.0 Å². The van der Waals surface area contributed by atoms with Crippen molar-refractivity contribution < 1.29 is 4.79 Å². The van der Waals surface area contributed by atoms with E-state index in [1.165, 1.54) is 0 Å². The summed E-state index contributed by atoms with van der Waals surface area (Å²) < 4.78 is 0. The maximum Gasteiger partial charge on any atom is 0.260 e. The van der Waals surface area contributed by atoms with Crippen molar-refractivity contribution in [2.75, 3.05) is 4.90 Å². The van der Waals surface area contributed by atoms with Crippen LogP contribution in [0.25, 0.3) is 16.8 Å². The zero-order valence-electron chi connectivity index (χ0n) is 12.9. The number of nitriles is 1. The molecule has 1 heterocycles. The summed E-state index contributed by atoms with van der Waals surface area (Å²) in [7, 11) is 0. The van der Waals surface area contributed by atoms with Gasteiger partial charge < -0.3 is 0 Å². The number of hydrogen-bond acceptors (Lipinski definition) is 2. The highest BCUT2D eigenvalue weighted by atomic mass is 16.2. The van der Waals surface area contributed by atoms with Crippen LogP contribution in [0.2, 0.25) is 0 Å². The fourth-order valence-electron chi connectivity index (χ4n) is 3.16. The molecule has 1 amide bonds. The molecule has 3 aromatic rings. The zero-order valence-corrected chi connectivity index (χ0v) is 12.9. The van der Waals surface area contributed by atoms with Crippen LogP contribution in [-0.4, -0.2) is 11.9 Å². The lowest BCUT2D eigenvalue weighted by atomic mass is 9.99. The van der Waals surface area contributed by atoms with E-state index in [1.807, 2.05) is 72.8 Å². The number of nitrogens with zero attached hydrogens (tertiary/aromatic N) is 2. The van der Waals surface area contributed by atoms with Crippen LogP contribution in [0.15, 0.2) is 72.8 Å². The van der Waals surface area contributed by atoms with Gasteiger partial charge in [0.1, 0.15) is 6.04 Å². The first kappa shape index (κ1) is 14.2. The normalized spacial score (nSPS) is 15.8. The average Bonchev–Trinajstić information content (AvgIpc) is 2.66. The average molecular weight is 310 g/mol. The summed E-state index contributed by atoms with van der Waals surface area (Å²) in [6, 6.07) is 22.7. The van der Waals surface area contributed by atoms with Gasteiger partial charge in [-0.2, -0.15) is 5.26 Å². The molecule has 114 valence electrons. The molecule has 3 nitrogen and oxygen atoms in total. The second-order valence-corrected chi connectivity index (χ2v) is 5.69. The number of carbonyl (C=O) groups is 1. The van der Waals surface area contributed by atoms with Crippen molar-refractivity contribution in [2.45, 2.75) is 6.04 Å². The zero-order chi connectivity index (χ0) is 16.5. The number of benzene rings is 3. The van der Waals surface area contributed by atoms with E-state index in [2.05, 4.69) is 6.07 Å². The molecule has 1 unspecified atom stereocenters. The standard InChI is InChI=1S/C21H14N2O/c22-14-17-13-12-16-7-2-4-11-20(16)23(17)21(24)19-10-5-8-15-6-1-3-9-18(15)19/h1-13,17H. The van der Waals surface area contributed by atoms with Crippen LogP contribution < -0.4 is 4.90 Å². The Hall–Kier alpha value is -3.38. The van der Waals surface area contributed by atoms with Gasteiger partial charge in [0.2, 0.25) is 0 Å². The van der Waals surface area contributed by atoms with Gasteiger partial charge >= 0.3 is 0 Å². The summed E-state index contributed by atoms with van der Waals surface area (Å²) in [6.07, 6.45) is 3.67. The Morgan fingerprint density at radius 1 is 0.958 bits per heavy atom. The fourth-order valence-corrected chi connectivity index (χ4v) is 3.16. The van der Waals surface area contributed by atoms with Crippen LogP contribution >= 0.6 is 0 Å². The molecule has 3 heteroatoms. The summed E-state index contributed by atoms with van der Waals surface area (Å²) in [5.41, 5.74) is 2.32. The van der Waals surface area contributed by atoms with Crippen molar-refractivity contribution in [1.29, 1.82) is 5.26 Å².